The first-order valence-corrected chi connectivity index (χ1v) is 5.90. The lowest BCUT2D eigenvalue weighted by Gasteiger charge is -2.07. The molecule has 1 aromatic heterocycles. The van der Waals surface area contributed by atoms with Crippen LogP contribution in [0.15, 0.2) is 27.4 Å². The standard InChI is InChI=1S/C13H18N2O2/c1-9(8-14)3-4-10-5-6-11-12(7-10)17-13(16)15(11)2/h5-7,9H,3-4,8,14H2,1-2H3. The topological polar surface area (TPSA) is 61.2 Å². The van der Waals surface area contributed by atoms with E-state index in [4.69, 9.17) is 10.2 Å². The van der Waals surface area contributed by atoms with Crippen LogP contribution in [0.5, 0.6) is 0 Å². The van der Waals surface area contributed by atoms with Gasteiger partial charge in [-0.1, -0.05) is 13.0 Å². The summed E-state index contributed by atoms with van der Waals surface area (Å²) in [5.74, 6) is 0.209. The van der Waals surface area contributed by atoms with Crippen molar-refractivity contribution in [1.29, 1.82) is 0 Å². The maximum atomic E-state index is 11.3. The second-order valence-corrected chi connectivity index (χ2v) is 4.61. The molecule has 4 nitrogen and oxygen atoms in total. The van der Waals surface area contributed by atoms with Crippen molar-refractivity contribution in [2.45, 2.75) is 19.8 Å². The fourth-order valence-electron chi connectivity index (χ4n) is 1.86. The zero-order valence-corrected chi connectivity index (χ0v) is 10.3. The number of fused-ring (bicyclic) bond motifs is 1. The first-order valence-electron chi connectivity index (χ1n) is 5.90. The summed E-state index contributed by atoms with van der Waals surface area (Å²) in [6.07, 6.45) is 2.02. The van der Waals surface area contributed by atoms with Gasteiger partial charge in [0.15, 0.2) is 5.58 Å². The monoisotopic (exact) mass is 234 g/mol. The van der Waals surface area contributed by atoms with Crippen LogP contribution in [0.3, 0.4) is 0 Å². The summed E-state index contributed by atoms with van der Waals surface area (Å²) in [6.45, 7) is 2.85. The number of aryl methyl sites for hydroxylation is 2. The molecule has 0 aliphatic carbocycles. The molecule has 0 aliphatic heterocycles. The first-order chi connectivity index (χ1) is 8.11. The number of benzene rings is 1. The van der Waals surface area contributed by atoms with Crippen LogP contribution in [-0.4, -0.2) is 11.1 Å². The summed E-state index contributed by atoms with van der Waals surface area (Å²) < 4.78 is 6.67. The van der Waals surface area contributed by atoms with Gasteiger partial charge < -0.3 is 10.2 Å². The summed E-state index contributed by atoms with van der Waals surface area (Å²) >= 11 is 0. The Bertz CT molecular complexity index is 568. The second-order valence-electron chi connectivity index (χ2n) is 4.61. The fourth-order valence-corrected chi connectivity index (χ4v) is 1.86. The number of rotatable bonds is 4. The van der Waals surface area contributed by atoms with Crippen molar-refractivity contribution in [1.82, 2.24) is 4.57 Å². The summed E-state index contributed by atoms with van der Waals surface area (Å²) in [4.78, 5) is 11.3. The Balaban J connectivity index is 2.23. The molecule has 0 amide bonds. The van der Waals surface area contributed by atoms with Gasteiger partial charge >= 0.3 is 5.76 Å². The Morgan fingerprint density at radius 3 is 2.94 bits per heavy atom. The molecule has 1 atom stereocenters. The van der Waals surface area contributed by atoms with Crippen LogP contribution in [0.2, 0.25) is 0 Å². The highest BCUT2D eigenvalue weighted by Gasteiger charge is 2.07. The lowest BCUT2D eigenvalue weighted by Crippen LogP contribution is -2.11. The predicted molar refractivity (Wildman–Crippen MR) is 68.0 cm³/mol. The number of hydrogen-bond donors (Lipinski definition) is 1. The van der Waals surface area contributed by atoms with Gasteiger partial charge in [-0.05, 0) is 43.0 Å². The van der Waals surface area contributed by atoms with Crippen molar-refractivity contribution in [3.8, 4) is 0 Å². The Morgan fingerprint density at radius 1 is 1.47 bits per heavy atom. The molecule has 2 aromatic rings. The van der Waals surface area contributed by atoms with E-state index >= 15 is 0 Å². The van der Waals surface area contributed by atoms with Crippen molar-refractivity contribution in [2.24, 2.45) is 18.7 Å². The Hall–Kier alpha value is -1.55. The largest absolute Gasteiger partial charge is 0.419 e. The highest BCUT2D eigenvalue weighted by molar-refractivity contribution is 5.73. The van der Waals surface area contributed by atoms with Crippen LogP contribution in [0.25, 0.3) is 11.1 Å². The molecular formula is C13H18N2O2. The molecule has 2 rings (SSSR count). The van der Waals surface area contributed by atoms with Gasteiger partial charge in [0, 0.05) is 7.05 Å². The SMILES string of the molecule is CC(CN)CCc1ccc2c(c1)oc(=O)n2C. The molecule has 4 heteroatoms. The maximum absolute atomic E-state index is 11.3. The molecule has 0 spiro atoms. The molecule has 0 saturated carbocycles. The van der Waals surface area contributed by atoms with Crippen LogP contribution in [-0.2, 0) is 13.5 Å². The third-order valence-corrected chi connectivity index (χ3v) is 3.18. The van der Waals surface area contributed by atoms with E-state index in [0.717, 1.165) is 18.4 Å². The number of nitrogens with zero attached hydrogens (tertiary/aromatic N) is 1. The van der Waals surface area contributed by atoms with Crippen LogP contribution in [0, 0.1) is 5.92 Å². The summed E-state index contributed by atoms with van der Waals surface area (Å²) in [5.41, 5.74) is 8.27. The molecule has 1 unspecified atom stereocenters. The Labute approximate surface area is 100 Å². The highest BCUT2D eigenvalue weighted by atomic mass is 16.4. The van der Waals surface area contributed by atoms with E-state index in [9.17, 15) is 4.79 Å². The van der Waals surface area contributed by atoms with Crippen molar-refractivity contribution in [2.75, 3.05) is 6.54 Å². The van der Waals surface area contributed by atoms with Gasteiger partial charge in [-0.25, -0.2) is 4.79 Å². The normalized spacial score (nSPS) is 13.1. The van der Waals surface area contributed by atoms with Gasteiger partial charge in [-0.15, -0.1) is 0 Å². The molecule has 0 aliphatic rings. The molecule has 17 heavy (non-hydrogen) atoms. The lowest BCUT2D eigenvalue weighted by atomic mass is 10.0. The van der Waals surface area contributed by atoms with Gasteiger partial charge in [-0.2, -0.15) is 0 Å². The molecule has 0 fully saturated rings. The zero-order chi connectivity index (χ0) is 12.4. The van der Waals surface area contributed by atoms with Crippen LogP contribution >= 0.6 is 0 Å². The van der Waals surface area contributed by atoms with Gasteiger partial charge in [-0.3, -0.25) is 4.57 Å². The molecule has 1 aromatic carbocycles. The quantitative estimate of drug-likeness (QED) is 0.875. The van der Waals surface area contributed by atoms with Gasteiger partial charge in [0.2, 0.25) is 0 Å². The van der Waals surface area contributed by atoms with Crippen LogP contribution < -0.4 is 11.5 Å². The first kappa shape index (κ1) is 11.9. The molecule has 92 valence electrons. The van der Waals surface area contributed by atoms with Crippen molar-refractivity contribution in [3.05, 3.63) is 34.3 Å². The third kappa shape index (κ3) is 2.42. The van der Waals surface area contributed by atoms with Gasteiger partial charge in [0.25, 0.3) is 0 Å². The molecular weight excluding hydrogens is 216 g/mol. The van der Waals surface area contributed by atoms with E-state index in [0.29, 0.717) is 18.0 Å². The maximum Gasteiger partial charge on any atom is 0.419 e. The molecule has 0 bridgehead atoms. The number of oxazole rings is 1. The minimum Gasteiger partial charge on any atom is -0.408 e. The minimum absolute atomic E-state index is 0.313. The zero-order valence-electron chi connectivity index (χ0n) is 10.3. The van der Waals surface area contributed by atoms with E-state index in [1.807, 2.05) is 18.2 Å². The van der Waals surface area contributed by atoms with Crippen molar-refractivity contribution in [3.63, 3.8) is 0 Å². The van der Waals surface area contributed by atoms with Gasteiger partial charge in [0.1, 0.15) is 0 Å². The lowest BCUT2D eigenvalue weighted by molar-refractivity contribution is 0.526. The van der Waals surface area contributed by atoms with E-state index in [1.54, 1.807) is 7.05 Å². The van der Waals surface area contributed by atoms with Crippen LogP contribution in [0.1, 0.15) is 18.9 Å². The van der Waals surface area contributed by atoms with E-state index < -0.39 is 0 Å². The number of aromatic nitrogens is 1. The van der Waals surface area contributed by atoms with Crippen LogP contribution in [0.4, 0.5) is 0 Å². The average molecular weight is 234 g/mol. The number of nitrogens with two attached hydrogens (primary N) is 1. The number of hydrogen-bond acceptors (Lipinski definition) is 3. The third-order valence-electron chi connectivity index (χ3n) is 3.18. The van der Waals surface area contributed by atoms with E-state index in [-0.39, 0.29) is 5.76 Å². The molecule has 2 N–H and O–H groups in total. The second kappa shape index (κ2) is 4.75. The summed E-state index contributed by atoms with van der Waals surface area (Å²) in [7, 11) is 1.71. The smallest absolute Gasteiger partial charge is 0.408 e. The minimum atomic E-state index is -0.313. The Kier molecular flexibility index (Phi) is 3.33. The molecule has 1 heterocycles. The van der Waals surface area contributed by atoms with E-state index in [1.165, 1.54) is 10.1 Å². The predicted octanol–water partition coefficient (Wildman–Crippen LogP) is 1.66. The van der Waals surface area contributed by atoms with Crippen molar-refractivity contribution < 1.29 is 4.42 Å². The summed E-state index contributed by atoms with van der Waals surface area (Å²) in [6, 6.07) is 5.92. The van der Waals surface area contributed by atoms with Crippen molar-refractivity contribution >= 4 is 11.1 Å². The molecule has 0 radical (unpaired) electrons. The molecule has 0 saturated heterocycles. The van der Waals surface area contributed by atoms with Gasteiger partial charge in [0.05, 0.1) is 5.52 Å². The Morgan fingerprint density at radius 2 is 2.24 bits per heavy atom. The fraction of sp³-hybridized carbons (Fsp3) is 0.462. The summed E-state index contributed by atoms with van der Waals surface area (Å²) in [5, 5.41) is 0. The highest BCUT2D eigenvalue weighted by Crippen LogP contribution is 2.16. The average Bonchev–Trinajstić information content (AvgIpc) is 2.62. The van der Waals surface area contributed by atoms with E-state index in [2.05, 4.69) is 6.92 Å².